The first-order valence-electron chi connectivity index (χ1n) is 1.53. The van der Waals surface area contributed by atoms with Crippen molar-refractivity contribution in [2.45, 2.75) is 4.20 Å². The zero-order valence-corrected chi connectivity index (χ0v) is 5.58. The molecule has 0 aromatic rings. The minimum atomic E-state index is -0.204. The molecule has 0 bridgehead atoms. The molecule has 1 aliphatic rings. The highest BCUT2D eigenvalue weighted by atomic mass is 33.1. The minimum Gasteiger partial charge on any atom is -0.307 e. The van der Waals surface area contributed by atoms with Gasteiger partial charge in [-0.25, -0.2) is 0 Å². The van der Waals surface area contributed by atoms with E-state index in [-0.39, 0.29) is 4.20 Å². The van der Waals surface area contributed by atoms with Crippen LogP contribution in [0.25, 0.3) is 0 Å². The topological polar surface area (TPSA) is 26.0 Å². The highest BCUT2D eigenvalue weighted by molar-refractivity contribution is 8.81. The fraction of sp³-hybridized carbons (Fsp3) is 1.00. The van der Waals surface area contributed by atoms with Crippen molar-refractivity contribution >= 4 is 34.2 Å². The lowest BCUT2D eigenvalue weighted by atomic mass is 10.8. The van der Waals surface area contributed by atoms with Gasteiger partial charge in [0.1, 0.15) is 4.20 Å². The summed E-state index contributed by atoms with van der Waals surface area (Å²) in [6.45, 7) is 0. The van der Waals surface area contributed by atoms with Crippen LogP contribution in [-0.2, 0) is 0 Å². The summed E-state index contributed by atoms with van der Waals surface area (Å²) in [5.41, 5.74) is 5.43. The maximum atomic E-state index is 5.43. The maximum absolute atomic E-state index is 5.43. The first-order valence-corrected chi connectivity index (χ1v) is 4.29. The van der Waals surface area contributed by atoms with E-state index in [4.69, 9.17) is 5.73 Å². The average molecular weight is 139 g/mol. The van der Waals surface area contributed by atoms with Gasteiger partial charge >= 0.3 is 0 Å². The molecule has 0 spiro atoms. The molecule has 1 unspecified atom stereocenters. The smallest absolute Gasteiger partial charge is 0.126 e. The lowest BCUT2D eigenvalue weighted by Crippen LogP contribution is -2.36. The number of thiol groups is 1. The van der Waals surface area contributed by atoms with Crippen molar-refractivity contribution in [3.63, 3.8) is 0 Å². The molecule has 0 aromatic heterocycles. The lowest BCUT2D eigenvalue weighted by Gasteiger charge is -2.29. The highest BCUT2D eigenvalue weighted by Gasteiger charge is 2.29. The Morgan fingerprint density at radius 2 is 2.17 bits per heavy atom. The molecule has 1 fully saturated rings. The van der Waals surface area contributed by atoms with Crippen molar-refractivity contribution in [1.29, 1.82) is 0 Å². The molecule has 4 heteroatoms. The fourth-order valence-corrected chi connectivity index (χ4v) is 2.57. The molecule has 1 rings (SSSR count). The second kappa shape index (κ2) is 1.51. The van der Waals surface area contributed by atoms with Gasteiger partial charge in [0.15, 0.2) is 0 Å². The van der Waals surface area contributed by atoms with E-state index >= 15 is 0 Å². The van der Waals surface area contributed by atoms with Crippen molar-refractivity contribution in [3.05, 3.63) is 0 Å². The molecule has 1 saturated heterocycles. The summed E-state index contributed by atoms with van der Waals surface area (Å²) in [5.74, 6) is 0.973. The fourth-order valence-electron chi connectivity index (χ4n) is 0.180. The Balaban J connectivity index is 2.31. The predicted molar refractivity (Wildman–Crippen MR) is 36.0 cm³/mol. The van der Waals surface area contributed by atoms with E-state index in [9.17, 15) is 0 Å². The van der Waals surface area contributed by atoms with E-state index in [0.29, 0.717) is 0 Å². The Hall–Kier alpha value is 1.01. The third kappa shape index (κ3) is 0.992. The molecule has 1 heterocycles. The van der Waals surface area contributed by atoms with Crippen molar-refractivity contribution in [2.75, 3.05) is 5.75 Å². The molecular formula is C2H5NS3. The summed E-state index contributed by atoms with van der Waals surface area (Å²) in [6.07, 6.45) is 0. The largest absolute Gasteiger partial charge is 0.307 e. The van der Waals surface area contributed by atoms with E-state index < -0.39 is 0 Å². The number of hydrogen-bond acceptors (Lipinski definition) is 4. The summed E-state index contributed by atoms with van der Waals surface area (Å²) in [6, 6.07) is 0. The summed E-state index contributed by atoms with van der Waals surface area (Å²) < 4.78 is -0.204. The molecule has 2 N–H and O–H groups in total. The zero-order valence-electron chi connectivity index (χ0n) is 3.05. The number of nitrogens with two attached hydrogens (primary N) is 1. The molecule has 6 heavy (non-hydrogen) atoms. The Morgan fingerprint density at radius 3 is 2.17 bits per heavy atom. The summed E-state index contributed by atoms with van der Waals surface area (Å²) in [7, 11) is 3.38. The van der Waals surface area contributed by atoms with Gasteiger partial charge in [-0.05, 0) is 0 Å². The summed E-state index contributed by atoms with van der Waals surface area (Å²) in [4.78, 5) is 0. The van der Waals surface area contributed by atoms with Crippen LogP contribution in [-0.4, -0.2) is 9.96 Å². The van der Waals surface area contributed by atoms with Crippen LogP contribution in [0.4, 0.5) is 0 Å². The molecule has 0 aromatic carbocycles. The summed E-state index contributed by atoms with van der Waals surface area (Å²) >= 11 is 4.06. The van der Waals surface area contributed by atoms with E-state index in [2.05, 4.69) is 12.6 Å². The Bertz CT molecular complexity index is 55.8. The second-order valence-electron chi connectivity index (χ2n) is 1.19. The molecule has 0 radical (unpaired) electrons. The van der Waals surface area contributed by atoms with Crippen LogP contribution >= 0.6 is 34.2 Å². The molecule has 1 nitrogen and oxygen atoms in total. The SMILES string of the molecule is NC1(S)CSS1. The first-order chi connectivity index (χ1) is 2.71. The normalized spacial score (nSPS) is 45.0. The molecule has 0 saturated carbocycles. The third-order valence-electron chi connectivity index (χ3n) is 0.469. The van der Waals surface area contributed by atoms with E-state index in [1.165, 1.54) is 0 Å². The van der Waals surface area contributed by atoms with Crippen molar-refractivity contribution in [2.24, 2.45) is 5.73 Å². The average Bonchev–Trinajstić information content (AvgIpc) is 1.32. The molecule has 0 aliphatic carbocycles. The van der Waals surface area contributed by atoms with Gasteiger partial charge in [-0.3, -0.25) is 0 Å². The molecule has 1 aliphatic heterocycles. The number of hydrogen-bond donors (Lipinski definition) is 2. The van der Waals surface area contributed by atoms with Gasteiger partial charge < -0.3 is 5.73 Å². The molecule has 36 valence electrons. The van der Waals surface area contributed by atoms with Gasteiger partial charge in [0.25, 0.3) is 0 Å². The Labute approximate surface area is 50.2 Å². The van der Waals surface area contributed by atoms with Crippen molar-refractivity contribution in [1.82, 2.24) is 0 Å². The standard InChI is InChI=1S/C2H5NS3/c3-2(4)1-5-6-2/h4H,1,3H2. The van der Waals surface area contributed by atoms with Crippen LogP contribution in [0, 0.1) is 0 Å². The maximum Gasteiger partial charge on any atom is 0.126 e. The number of rotatable bonds is 0. The minimum absolute atomic E-state index is 0.204. The van der Waals surface area contributed by atoms with Crippen LogP contribution in [0.15, 0.2) is 0 Å². The van der Waals surface area contributed by atoms with Crippen LogP contribution < -0.4 is 5.73 Å². The van der Waals surface area contributed by atoms with Gasteiger partial charge in [-0.15, -0.1) is 12.6 Å². The van der Waals surface area contributed by atoms with Crippen molar-refractivity contribution < 1.29 is 0 Å². The van der Waals surface area contributed by atoms with Gasteiger partial charge in [0.05, 0.1) is 0 Å². The van der Waals surface area contributed by atoms with E-state index in [1.54, 1.807) is 21.6 Å². The van der Waals surface area contributed by atoms with Crippen molar-refractivity contribution in [3.8, 4) is 0 Å². The Kier molecular flexibility index (Phi) is 1.29. The van der Waals surface area contributed by atoms with E-state index in [1.807, 2.05) is 0 Å². The third-order valence-corrected chi connectivity index (χ3v) is 4.39. The van der Waals surface area contributed by atoms with Crippen LogP contribution in [0.2, 0.25) is 0 Å². The molecular weight excluding hydrogens is 134 g/mol. The van der Waals surface area contributed by atoms with Gasteiger partial charge in [0, 0.05) is 5.75 Å². The highest BCUT2D eigenvalue weighted by Crippen LogP contribution is 2.48. The van der Waals surface area contributed by atoms with Gasteiger partial charge in [-0.1, -0.05) is 21.6 Å². The monoisotopic (exact) mass is 139 g/mol. The zero-order chi connectivity index (χ0) is 4.62. The van der Waals surface area contributed by atoms with Gasteiger partial charge in [-0.2, -0.15) is 0 Å². The lowest BCUT2D eigenvalue weighted by molar-refractivity contribution is 0.989. The van der Waals surface area contributed by atoms with Crippen LogP contribution in [0.1, 0.15) is 0 Å². The summed E-state index contributed by atoms with van der Waals surface area (Å²) in [5, 5.41) is 0. The van der Waals surface area contributed by atoms with Crippen LogP contribution in [0.5, 0.6) is 0 Å². The Morgan fingerprint density at radius 1 is 1.83 bits per heavy atom. The van der Waals surface area contributed by atoms with Gasteiger partial charge in [0.2, 0.25) is 0 Å². The quantitative estimate of drug-likeness (QED) is 0.297. The second-order valence-corrected chi connectivity index (χ2v) is 4.92. The molecule has 0 amide bonds. The van der Waals surface area contributed by atoms with Crippen LogP contribution in [0.3, 0.4) is 0 Å². The van der Waals surface area contributed by atoms with E-state index in [0.717, 1.165) is 5.75 Å². The first kappa shape index (κ1) is 5.15. The predicted octanol–water partition coefficient (Wildman–Crippen LogP) is 0.924. The molecule has 1 atom stereocenters.